The van der Waals surface area contributed by atoms with Gasteiger partial charge in [-0.05, 0) is 25.0 Å². The summed E-state index contributed by atoms with van der Waals surface area (Å²) in [5.41, 5.74) is 4.72. The monoisotopic (exact) mass is 147 g/mol. The van der Waals surface area contributed by atoms with E-state index in [1.165, 1.54) is 24.1 Å². The van der Waals surface area contributed by atoms with Gasteiger partial charge in [-0.1, -0.05) is 0 Å². The fourth-order valence-corrected chi connectivity index (χ4v) is 1.83. The van der Waals surface area contributed by atoms with E-state index in [9.17, 15) is 0 Å². The fraction of sp³-hybridized carbons (Fsp3) is 0.333. The smallest absolute Gasteiger partial charge is 0.151 e. The third-order valence-electron chi connectivity index (χ3n) is 2.36. The van der Waals surface area contributed by atoms with Gasteiger partial charge in [0.05, 0.1) is 5.69 Å². The van der Waals surface area contributed by atoms with Gasteiger partial charge in [0, 0.05) is 12.1 Å². The molecule has 0 radical (unpaired) electrons. The van der Waals surface area contributed by atoms with Gasteiger partial charge in [-0.15, -0.1) is 0 Å². The lowest BCUT2D eigenvalue weighted by atomic mass is 10.0. The molecule has 3 rings (SSSR count). The van der Waals surface area contributed by atoms with Crippen LogP contribution in [0.2, 0.25) is 0 Å². The highest BCUT2D eigenvalue weighted by Gasteiger charge is 2.18. The third-order valence-corrected chi connectivity index (χ3v) is 2.36. The molecule has 0 spiro atoms. The first-order chi connectivity index (χ1) is 5.45. The molecule has 3 heterocycles. The van der Waals surface area contributed by atoms with Gasteiger partial charge >= 0.3 is 0 Å². The van der Waals surface area contributed by atoms with Crippen LogP contribution in [0.1, 0.15) is 12.0 Å². The van der Waals surface area contributed by atoms with Gasteiger partial charge in [-0.2, -0.15) is 0 Å². The van der Waals surface area contributed by atoms with E-state index in [0.29, 0.717) is 0 Å². The highest BCUT2D eigenvalue weighted by molar-refractivity contribution is 5.85. The molecule has 11 heavy (non-hydrogen) atoms. The summed E-state index contributed by atoms with van der Waals surface area (Å²) in [5, 5.41) is 3.36. The number of hydrogen-bond acceptors (Lipinski definition) is 2. The molecular formula is C9H9NO. The van der Waals surface area contributed by atoms with E-state index < -0.39 is 0 Å². The van der Waals surface area contributed by atoms with Gasteiger partial charge in [-0.25, -0.2) is 0 Å². The summed E-state index contributed by atoms with van der Waals surface area (Å²) < 4.78 is 5.50. The van der Waals surface area contributed by atoms with Gasteiger partial charge in [0.25, 0.3) is 0 Å². The van der Waals surface area contributed by atoms with E-state index in [1.807, 2.05) is 6.07 Å². The maximum absolute atomic E-state index is 5.50. The molecule has 0 aromatic carbocycles. The molecule has 0 fully saturated rings. The second-order valence-corrected chi connectivity index (χ2v) is 3.05. The summed E-state index contributed by atoms with van der Waals surface area (Å²) in [5.74, 6) is 0. The summed E-state index contributed by atoms with van der Waals surface area (Å²) in [7, 11) is 0. The molecule has 56 valence electrons. The number of aryl methyl sites for hydroxylation is 1. The van der Waals surface area contributed by atoms with Crippen molar-refractivity contribution in [2.75, 3.05) is 11.9 Å². The molecule has 0 amide bonds. The number of nitrogens with one attached hydrogen (secondary N) is 1. The zero-order chi connectivity index (χ0) is 7.26. The van der Waals surface area contributed by atoms with Crippen LogP contribution in [0, 0.1) is 0 Å². The predicted octanol–water partition coefficient (Wildman–Crippen LogP) is 2.23. The minimum atomic E-state index is 1.02. The first kappa shape index (κ1) is 5.47. The lowest BCUT2D eigenvalue weighted by molar-refractivity contribution is 0.673. The highest BCUT2D eigenvalue weighted by Crippen LogP contribution is 2.36. The molecule has 0 atom stereocenters. The average Bonchev–Trinajstić information content (AvgIpc) is 2.64. The van der Waals surface area contributed by atoms with Crippen molar-refractivity contribution >= 4 is 16.9 Å². The first-order valence-electron chi connectivity index (χ1n) is 4.03. The van der Waals surface area contributed by atoms with Crippen LogP contribution in [0.4, 0.5) is 5.69 Å². The molecule has 2 nitrogen and oxygen atoms in total. The zero-order valence-electron chi connectivity index (χ0n) is 6.18. The molecule has 0 unspecified atom stereocenters. The number of fused-ring (bicyclic) bond motifs is 5. The summed E-state index contributed by atoms with van der Waals surface area (Å²) >= 11 is 0. The summed E-state index contributed by atoms with van der Waals surface area (Å²) in [6.45, 7) is 1.09. The Bertz CT molecular complexity index is 342. The molecule has 2 heteroatoms. The van der Waals surface area contributed by atoms with Gasteiger partial charge in [0.2, 0.25) is 0 Å². The summed E-state index contributed by atoms with van der Waals surface area (Å²) in [6, 6.07) is 4.09. The Balaban J connectivity index is 2.35. The number of rotatable bonds is 0. The average molecular weight is 147 g/mol. The van der Waals surface area contributed by atoms with Crippen LogP contribution in [0.15, 0.2) is 16.5 Å². The van der Waals surface area contributed by atoms with Crippen LogP contribution in [0.5, 0.6) is 0 Å². The molecule has 2 aromatic rings. The van der Waals surface area contributed by atoms with Crippen molar-refractivity contribution in [1.29, 1.82) is 0 Å². The number of hydrogen-bond donors (Lipinski definition) is 1. The third kappa shape index (κ3) is 0.570. The van der Waals surface area contributed by atoms with Crippen LogP contribution >= 0.6 is 0 Å². The maximum atomic E-state index is 5.50. The Morgan fingerprint density at radius 3 is 3.09 bits per heavy atom. The maximum Gasteiger partial charge on any atom is 0.151 e. The van der Waals surface area contributed by atoms with Gasteiger partial charge in [0.1, 0.15) is 5.58 Å². The lowest BCUT2D eigenvalue weighted by Gasteiger charge is -2.13. The Labute approximate surface area is 64.5 Å². The molecular weight excluding hydrogens is 138 g/mol. The van der Waals surface area contributed by atoms with Crippen LogP contribution in [0.3, 0.4) is 0 Å². The van der Waals surface area contributed by atoms with Gasteiger partial charge in [-0.3, -0.25) is 0 Å². The minimum absolute atomic E-state index is 1.02. The van der Waals surface area contributed by atoms with Gasteiger partial charge in [0.15, 0.2) is 5.58 Å². The largest absolute Gasteiger partial charge is 0.455 e. The molecule has 0 aliphatic carbocycles. The van der Waals surface area contributed by atoms with Crippen molar-refractivity contribution < 1.29 is 4.42 Å². The number of benzene rings is 1. The van der Waals surface area contributed by atoms with Crippen molar-refractivity contribution in [2.45, 2.75) is 12.8 Å². The lowest BCUT2D eigenvalue weighted by Crippen LogP contribution is -2.10. The first-order valence-corrected chi connectivity index (χ1v) is 4.03. The predicted molar refractivity (Wildman–Crippen MR) is 44.2 cm³/mol. The minimum Gasteiger partial charge on any atom is -0.455 e. The Hall–Kier alpha value is -1.18. The van der Waals surface area contributed by atoms with Crippen molar-refractivity contribution in [2.24, 2.45) is 0 Å². The van der Waals surface area contributed by atoms with Crippen LogP contribution in [-0.2, 0) is 6.42 Å². The molecule has 0 saturated carbocycles. The van der Waals surface area contributed by atoms with Crippen LogP contribution < -0.4 is 5.32 Å². The molecule has 2 aromatic heterocycles. The fourth-order valence-electron chi connectivity index (χ4n) is 1.83. The van der Waals surface area contributed by atoms with Gasteiger partial charge < -0.3 is 9.73 Å². The molecule has 1 N–H and O–H groups in total. The normalized spacial score (nSPS) is 16.7. The molecule has 1 aliphatic heterocycles. The Morgan fingerprint density at radius 1 is 1.27 bits per heavy atom. The standard InChI is InChI=1S/C9H9NO/c1-2-6-7-3-4-8(11-7)9(6)10-5-1/h3-4,10H,1-2,5H2. The molecule has 1 aliphatic rings. The number of furan rings is 2. The van der Waals surface area contributed by atoms with Crippen molar-refractivity contribution in [3.05, 3.63) is 17.7 Å². The Morgan fingerprint density at radius 2 is 2.18 bits per heavy atom. The highest BCUT2D eigenvalue weighted by atomic mass is 16.3. The van der Waals surface area contributed by atoms with E-state index in [4.69, 9.17) is 4.42 Å². The molecule has 0 saturated heterocycles. The van der Waals surface area contributed by atoms with Crippen molar-refractivity contribution in [3.63, 3.8) is 0 Å². The van der Waals surface area contributed by atoms with Crippen molar-refractivity contribution in [3.8, 4) is 0 Å². The van der Waals surface area contributed by atoms with E-state index in [-0.39, 0.29) is 0 Å². The van der Waals surface area contributed by atoms with E-state index in [2.05, 4.69) is 11.4 Å². The molecule has 2 bridgehead atoms. The summed E-state index contributed by atoms with van der Waals surface area (Å²) in [4.78, 5) is 0. The topological polar surface area (TPSA) is 25.2 Å². The van der Waals surface area contributed by atoms with Crippen molar-refractivity contribution in [1.82, 2.24) is 0 Å². The SMILES string of the molecule is c1cc2oc1c1c2NCCC1. The van der Waals surface area contributed by atoms with E-state index >= 15 is 0 Å². The summed E-state index contributed by atoms with van der Waals surface area (Å²) in [6.07, 6.45) is 2.40. The second kappa shape index (κ2) is 1.70. The second-order valence-electron chi connectivity index (χ2n) is 3.05. The van der Waals surface area contributed by atoms with E-state index in [1.54, 1.807) is 0 Å². The quantitative estimate of drug-likeness (QED) is 0.618. The number of anilines is 1. The van der Waals surface area contributed by atoms with Crippen LogP contribution in [0.25, 0.3) is 11.2 Å². The van der Waals surface area contributed by atoms with E-state index in [0.717, 1.165) is 17.7 Å². The Kier molecular flexibility index (Phi) is 0.844. The van der Waals surface area contributed by atoms with Crippen LogP contribution in [-0.4, -0.2) is 6.54 Å². The zero-order valence-corrected chi connectivity index (χ0v) is 6.18.